The fourth-order valence-corrected chi connectivity index (χ4v) is 15.2. The van der Waals surface area contributed by atoms with Crippen LogP contribution in [-0.2, 0) is 18.1 Å². The van der Waals surface area contributed by atoms with Gasteiger partial charge in [0.1, 0.15) is 0 Å². The molecule has 0 saturated carbocycles. The minimum Gasteiger partial charge on any atom is -0.287 e. The summed E-state index contributed by atoms with van der Waals surface area (Å²) in [4.78, 5) is 0. The third-order valence-electron chi connectivity index (χ3n) is 20.2. The van der Waals surface area contributed by atoms with Crippen molar-refractivity contribution in [2.24, 2.45) is 0 Å². The lowest BCUT2D eigenvalue weighted by molar-refractivity contribution is 0.108. The monoisotopic (exact) mass is 1280 g/mol. The van der Waals surface area contributed by atoms with Crippen molar-refractivity contribution in [3.05, 3.63) is 0 Å². The average Bonchev–Trinajstić information content (AvgIpc) is 3.62. The standard InChI is InChI=1S/C84H171O4P/c1-4-7-10-13-16-19-22-25-28-31-34-37-40-43-46-49-52-55-58-61-64-67-70-73-76-79-82-86-89(85,87-83-80-77-74-71-68-65-62-59-56-53-50-47-44-41-38-35-32-29-26-23-20-17-14-11-8-5-2)88-84-81-78-75-72-69-66-63-60-57-54-51-48-45-42-39-36-33-30-27-24-21-18-15-12-9-6-3/h4-84H2,1-3H3. The molecule has 0 atom stereocenters. The largest absolute Gasteiger partial charge is 0.474 e. The highest BCUT2D eigenvalue weighted by atomic mass is 31.2. The highest BCUT2D eigenvalue weighted by Crippen LogP contribution is 2.50. The zero-order valence-corrected chi connectivity index (χ0v) is 63.3. The first-order valence-corrected chi connectivity index (χ1v) is 44.2. The third-order valence-corrected chi connectivity index (χ3v) is 21.7. The highest BCUT2D eigenvalue weighted by Gasteiger charge is 2.26. The van der Waals surface area contributed by atoms with Gasteiger partial charge < -0.3 is 0 Å². The van der Waals surface area contributed by atoms with Crippen molar-refractivity contribution >= 4 is 7.82 Å². The molecule has 0 aromatic rings. The number of unbranched alkanes of at least 4 members (excludes halogenated alkanes) is 75. The van der Waals surface area contributed by atoms with Crippen LogP contribution in [0.1, 0.15) is 522 Å². The molecule has 0 unspecified atom stereocenters. The predicted molar refractivity (Wildman–Crippen MR) is 403 cm³/mol. The molecule has 0 spiro atoms. The van der Waals surface area contributed by atoms with E-state index in [2.05, 4.69) is 20.8 Å². The average molecular weight is 1280 g/mol. The number of hydrogen-bond acceptors (Lipinski definition) is 4. The molecule has 0 rings (SSSR count). The van der Waals surface area contributed by atoms with Crippen molar-refractivity contribution in [2.75, 3.05) is 19.8 Å². The maximum Gasteiger partial charge on any atom is 0.474 e. The summed E-state index contributed by atoms with van der Waals surface area (Å²) in [7, 11) is -3.52. The van der Waals surface area contributed by atoms with E-state index < -0.39 is 7.82 Å². The first-order chi connectivity index (χ1) is 44.2. The van der Waals surface area contributed by atoms with Gasteiger partial charge in [0.2, 0.25) is 0 Å². The van der Waals surface area contributed by atoms with Gasteiger partial charge in [0, 0.05) is 0 Å². The molecule has 0 radical (unpaired) electrons. The first-order valence-electron chi connectivity index (χ1n) is 42.7. The lowest BCUT2D eigenvalue weighted by Gasteiger charge is -2.18. The molecule has 0 N–H and O–H groups in total. The number of phosphoric ester groups is 1. The highest BCUT2D eigenvalue weighted by molar-refractivity contribution is 7.48. The topological polar surface area (TPSA) is 44.8 Å². The zero-order chi connectivity index (χ0) is 63.9. The Morgan fingerprint density at radius 2 is 0.213 bits per heavy atom. The van der Waals surface area contributed by atoms with Gasteiger partial charge in [-0.2, -0.15) is 0 Å². The smallest absolute Gasteiger partial charge is 0.287 e. The Labute approximate surface area is 564 Å². The molecule has 0 bridgehead atoms. The van der Waals surface area contributed by atoms with Gasteiger partial charge in [0.05, 0.1) is 19.8 Å². The number of hydrogen-bond donors (Lipinski definition) is 0. The van der Waals surface area contributed by atoms with Crippen molar-refractivity contribution in [3.63, 3.8) is 0 Å². The van der Waals surface area contributed by atoms with Crippen LogP contribution in [0.3, 0.4) is 0 Å². The predicted octanol–water partition coefficient (Wildman–Crippen LogP) is 32.6. The fourth-order valence-electron chi connectivity index (χ4n) is 13.9. The SMILES string of the molecule is CCCCCCCCCCCCCCCCCCCCCCCCCCCCOP(=O)(OCCCCCCCCCCCCCCCCCCCCCCCCCCCC)OCCCCCCCCCCCCCCCCCCCCCCCCCCCC. The van der Waals surface area contributed by atoms with Crippen molar-refractivity contribution in [2.45, 2.75) is 522 Å². The van der Waals surface area contributed by atoms with Gasteiger partial charge in [-0.3, -0.25) is 13.6 Å². The zero-order valence-electron chi connectivity index (χ0n) is 62.4. The molecule has 0 aliphatic rings. The van der Waals surface area contributed by atoms with E-state index in [4.69, 9.17) is 13.6 Å². The van der Waals surface area contributed by atoms with Crippen molar-refractivity contribution in [1.82, 2.24) is 0 Å². The second-order valence-corrected chi connectivity index (χ2v) is 31.1. The summed E-state index contributed by atoms with van der Waals surface area (Å²) in [6.07, 6.45) is 109. The Balaban J connectivity index is 4.09. The van der Waals surface area contributed by atoms with Crippen molar-refractivity contribution < 1.29 is 18.1 Å². The normalized spacial score (nSPS) is 12.0. The van der Waals surface area contributed by atoms with E-state index in [0.29, 0.717) is 19.8 Å². The Morgan fingerprint density at radius 3 is 0.303 bits per heavy atom. The van der Waals surface area contributed by atoms with Crippen LogP contribution >= 0.6 is 7.82 Å². The van der Waals surface area contributed by atoms with Crippen LogP contribution in [0.5, 0.6) is 0 Å². The van der Waals surface area contributed by atoms with Crippen molar-refractivity contribution in [1.29, 1.82) is 0 Å². The van der Waals surface area contributed by atoms with Crippen LogP contribution in [-0.4, -0.2) is 19.8 Å². The number of rotatable bonds is 84. The first kappa shape index (κ1) is 89.1. The third kappa shape index (κ3) is 80.5. The van der Waals surface area contributed by atoms with E-state index in [1.54, 1.807) is 0 Å². The van der Waals surface area contributed by atoms with Gasteiger partial charge in [-0.25, -0.2) is 4.57 Å². The summed E-state index contributed by atoms with van der Waals surface area (Å²) < 4.78 is 31.9. The van der Waals surface area contributed by atoms with Gasteiger partial charge >= 0.3 is 7.82 Å². The van der Waals surface area contributed by atoms with E-state index in [-0.39, 0.29) is 0 Å². The maximum atomic E-state index is 13.9. The summed E-state index contributed by atoms with van der Waals surface area (Å²) in [5.41, 5.74) is 0. The van der Waals surface area contributed by atoms with E-state index >= 15 is 0 Å². The minimum atomic E-state index is -3.52. The van der Waals surface area contributed by atoms with E-state index in [1.807, 2.05) is 0 Å². The molecular formula is C84H171O4P. The summed E-state index contributed by atoms with van der Waals surface area (Å²) in [5.74, 6) is 0. The summed E-state index contributed by atoms with van der Waals surface area (Å²) >= 11 is 0. The Hall–Kier alpha value is 0.110. The molecule has 536 valence electrons. The number of phosphoric acid groups is 1. The molecule has 89 heavy (non-hydrogen) atoms. The van der Waals surface area contributed by atoms with Crippen LogP contribution in [0.25, 0.3) is 0 Å². The van der Waals surface area contributed by atoms with E-state index in [1.165, 1.54) is 462 Å². The fraction of sp³-hybridized carbons (Fsp3) is 1.00. The Kier molecular flexibility index (Phi) is 82.4. The van der Waals surface area contributed by atoms with Crippen LogP contribution in [0.4, 0.5) is 0 Å². The quantitative estimate of drug-likeness (QED) is 0.0450. The molecule has 0 aliphatic heterocycles. The van der Waals surface area contributed by atoms with Crippen LogP contribution in [0.2, 0.25) is 0 Å². The minimum absolute atomic E-state index is 0.482. The molecule has 0 heterocycles. The molecule has 0 aromatic heterocycles. The molecule has 5 heteroatoms. The molecule has 0 fully saturated rings. The lowest BCUT2D eigenvalue weighted by Crippen LogP contribution is -2.04. The summed E-state index contributed by atoms with van der Waals surface area (Å²) in [6.45, 7) is 8.38. The van der Waals surface area contributed by atoms with Gasteiger partial charge in [-0.15, -0.1) is 0 Å². The van der Waals surface area contributed by atoms with Crippen LogP contribution in [0.15, 0.2) is 0 Å². The molecule has 0 amide bonds. The Bertz CT molecular complexity index is 1110. The second kappa shape index (κ2) is 82.3. The van der Waals surface area contributed by atoms with Crippen LogP contribution in [0, 0.1) is 0 Å². The molecule has 4 nitrogen and oxygen atoms in total. The molecular weight excluding hydrogens is 1100 g/mol. The molecule has 0 aliphatic carbocycles. The summed E-state index contributed by atoms with van der Waals surface area (Å²) in [6, 6.07) is 0. The Morgan fingerprint density at radius 1 is 0.135 bits per heavy atom. The van der Waals surface area contributed by atoms with E-state index in [0.717, 1.165) is 38.5 Å². The molecule has 0 saturated heterocycles. The van der Waals surface area contributed by atoms with Gasteiger partial charge in [-0.1, -0.05) is 502 Å². The van der Waals surface area contributed by atoms with Gasteiger partial charge in [0.25, 0.3) is 0 Å². The van der Waals surface area contributed by atoms with E-state index in [9.17, 15) is 4.57 Å². The lowest BCUT2D eigenvalue weighted by atomic mass is 10.0. The molecule has 0 aromatic carbocycles. The summed E-state index contributed by atoms with van der Waals surface area (Å²) in [5, 5.41) is 0. The maximum absolute atomic E-state index is 13.9. The van der Waals surface area contributed by atoms with Gasteiger partial charge in [-0.05, 0) is 19.3 Å². The second-order valence-electron chi connectivity index (χ2n) is 29.5. The van der Waals surface area contributed by atoms with Crippen LogP contribution < -0.4 is 0 Å². The van der Waals surface area contributed by atoms with Crippen molar-refractivity contribution in [3.8, 4) is 0 Å². The van der Waals surface area contributed by atoms with Gasteiger partial charge in [0.15, 0.2) is 0 Å².